The summed E-state index contributed by atoms with van der Waals surface area (Å²) in [6, 6.07) is 5.81. The summed E-state index contributed by atoms with van der Waals surface area (Å²) < 4.78 is 40.8. The zero-order valence-electron chi connectivity index (χ0n) is 7.80. The van der Waals surface area contributed by atoms with E-state index in [1.807, 2.05) is 0 Å². The Morgan fingerprint density at radius 2 is 1.80 bits per heavy atom. The molecule has 1 atom stereocenters. The second-order valence-corrected chi connectivity index (χ2v) is 5.49. The molecule has 1 rings (SSSR count). The lowest BCUT2D eigenvalue weighted by atomic mass is 10.3. The molecule has 0 bridgehead atoms. The van der Waals surface area contributed by atoms with Crippen LogP contribution < -0.4 is 10.3 Å². The third-order valence-electron chi connectivity index (χ3n) is 1.44. The average Bonchev–Trinajstić information content (AvgIpc) is 2.14. The smallest absolute Gasteiger partial charge is 0.225 e. The van der Waals surface area contributed by atoms with E-state index in [0.717, 1.165) is 6.26 Å². The Morgan fingerprint density at radius 3 is 2.20 bits per heavy atom. The topological polar surface area (TPSA) is 95.5 Å². The van der Waals surface area contributed by atoms with Gasteiger partial charge in [0, 0.05) is 5.69 Å². The van der Waals surface area contributed by atoms with E-state index in [0.29, 0.717) is 5.69 Å². The van der Waals surface area contributed by atoms with Crippen molar-refractivity contribution >= 4 is 26.8 Å². The molecule has 1 aromatic rings. The molecule has 3 N–H and O–H groups in total. The average molecular weight is 250 g/mol. The Hall–Kier alpha value is -0.960. The molecule has 6 nitrogen and oxygen atoms in total. The molecule has 0 saturated heterocycles. The molecular weight excluding hydrogens is 240 g/mol. The number of sulfonamides is 1. The van der Waals surface area contributed by atoms with Gasteiger partial charge in [0.15, 0.2) is 11.1 Å². The van der Waals surface area contributed by atoms with E-state index in [9.17, 15) is 12.6 Å². The predicted molar refractivity (Wildman–Crippen MR) is 57.1 cm³/mol. The summed E-state index contributed by atoms with van der Waals surface area (Å²) in [6.07, 6.45) is 1.01. The van der Waals surface area contributed by atoms with Crippen molar-refractivity contribution in [3.8, 4) is 0 Å². The van der Waals surface area contributed by atoms with Crippen molar-refractivity contribution in [2.24, 2.45) is 0 Å². The number of hydrazine groups is 1. The van der Waals surface area contributed by atoms with Gasteiger partial charge in [-0.3, -0.25) is 0 Å². The summed E-state index contributed by atoms with van der Waals surface area (Å²) in [5, 5.41) is 0. The molecule has 8 heteroatoms. The van der Waals surface area contributed by atoms with Gasteiger partial charge in [0.25, 0.3) is 0 Å². The van der Waals surface area contributed by atoms with Gasteiger partial charge in [-0.25, -0.2) is 12.6 Å². The third kappa shape index (κ3) is 4.38. The molecule has 0 aliphatic rings. The predicted octanol–water partition coefficient (Wildman–Crippen LogP) is 0.143. The van der Waals surface area contributed by atoms with E-state index in [1.165, 1.54) is 24.3 Å². The van der Waals surface area contributed by atoms with E-state index in [1.54, 1.807) is 0 Å². The molecule has 15 heavy (non-hydrogen) atoms. The fraction of sp³-hybridized carbons (Fsp3) is 0.143. The third-order valence-corrected chi connectivity index (χ3v) is 2.59. The van der Waals surface area contributed by atoms with E-state index in [4.69, 9.17) is 4.55 Å². The molecule has 0 aromatic heterocycles. The molecule has 0 fully saturated rings. The molecule has 0 amide bonds. The Bertz CT molecular complexity index is 454. The first-order chi connectivity index (χ1) is 6.88. The summed E-state index contributed by atoms with van der Waals surface area (Å²) in [6.45, 7) is 0. The van der Waals surface area contributed by atoms with Crippen molar-refractivity contribution in [2.75, 3.05) is 11.7 Å². The minimum Gasteiger partial charge on any atom is -0.308 e. The highest BCUT2D eigenvalue weighted by Gasteiger charge is 2.01. The zero-order valence-corrected chi connectivity index (χ0v) is 9.43. The second-order valence-electron chi connectivity index (χ2n) is 2.77. The Morgan fingerprint density at radius 1 is 1.27 bits per heavy atom. The first-order valence-corrected chi connectivity index (χ1v) is 6.82. The van der Waals surface area contributed by atoms with Crippen molar-refractivity contribution in [2.45, 2.75) is 4.90 Å². The van der Waals surface area contributed by atoms with E-state index in [-0.39, 0.29) is 4.90 Å². The molecule has 1 unspecified atom stereocenters. The summed E-state index contributed by atoms with van der Waals surface area (Å²) in [7, 11) is -3.32. The van der Waals surface area contributed by atoms with Crippen LogP contribution in [0.25, 0.3) is 0 Å². The first-order valence-electron chi connectivity index (χ1n) is 3.82. The minimum absolute atomic E-state index is 0.250. The summed E-state index contributed by atoms with van der Waals surface area (Å²) >= 11 is -2.02. The van der Waals surface area contributed by atoms with E-state index < -0.39 is 21.1 Å². The van der Waals surface area contributed by atoms with Crippen LogP contribution >= 0.6 is 0 Å². The lowest BCUT2D eigenvalue weighted by Crippen LogP contribution is -2.27. The van der Waals surface area contributed by atoms with Crippen LogP contribution in [0.1, 0.15) is 0 Å². The molecule has 84 valence electrons. The lowest BCUT2D eigenvalue weighted by Gasteiger charge is -2.06. The quantitative estimate of drug-likeness (QED) is 0.522. The Balaban J connectivity index is 2.69. The number of rotatable bonds is 4. The number of benzene rings is 1. The monoisotopic (exact) mass is 250 g/mol. The maximum Gasteiger partial charge on any atom is 0.225 e. The second kappa shape index (κ2) is 4.71. The van der Waals surface area contributed by atoms with E-state index in [2.05, 4.69) is 10.3 Å². The highest BCUT2D eigenvalue weighted by molar-refractivity contribution is 7.88. The fourth-order valence-corrected chi connectivity index (χ4v) is 1.48. The van der Waals surface area contributed by atoms with Crippen molar-refractivity contribution in [1.82, 2.24) is 4.83 Å². The van der Waals surface area contributed by atoms with Gasteiger partial charge in [-0.2, -0.15) is 0 Å². The molecule has 0 aliphatic carbocycles. The van der Waals surface area contributed by atoms with Crippen LogP contribution in [-0.2, 0) is 21.1 Å². The van der Waals surface area contributed by atoms with Crippen LogP contribution in [0.15, 0.2) is 29.2 Å². The molecule has 0 spiro atoms. The van der Waals surface area contributed by atoms with Gasteiger partial charge in [0.05, 0.1) is 11.2 Å². The molecule has 0 radical (unpaired) electrons. The number of hydrogen-bond acceptors (Lipinski definition) is 4. The van der Waals surface area contributed by atoms with Crippen molar-refractivity contribution in [1.29, 1.82) is 0 Å². The highest BCUT2D eigenvalue weighted by atomic mass is 32.2. The largest absolute Gasteiger partial charge is 0.308 e. The first kappa shape index (κ1) is 12.1. The molecule has 0 aliphatic heterocycles. The summed E-state index contributed by atoms with van der Waals surface area (Å²) in [5.41, 5.74) is 2.91. The normalized spacial score (nSPS) is 13.5. The van der Waals surface area contributed by atoms with E-state index >= 15 is 0 Å². The zero-order chi connectivity index (χ0) is 11.5. The van der Waals surface area contributed by atoms with Gasteiger partial charge in [-0.1, -0.05) is 0 Å². The molecule has 1 aromatic carbocycles. The lowest BCUT2D eigenvalue weighted by molar-refractivity contribution is 0.564. The Kier molecular flexibility index (Phi) is 3.80. The van der Waals surface area contributed by atoms with Crippen LogP contribution in [-0.4, -0.2) is 23.4 Å². The fourth-order valence-electron chi connectivity index (χ4n) is 0.806. The van der Waals surface area contributed by atoms with Crippen molar-refractivity contribution in [3.05, 3.63) is 24.3 Å². The highest BCUT2D eigenvalue weighted by Crippen LogP contribution is 2.10. The minimum atomic E-state index is -3.32. The SMILES string of the molecule is CS(=O)(=O)NNc1ccc(S(=O)O)cc1. The van der Waals surface area contributed by atoms with Gasteiger partial charge in [0.2, 0.25) is 10.0 Å². The number of nitrogens with one attached hydrogen (secondary N) is 2. The van der Waals surface area contributed by atoms with Crippen molar-refractivity contribution < 1.29 is 17.2 Å². The van der Waals surface area contributed by atoms with Crippen molar-refractivity contribution in [3.63, 3.8) is 0 Å². The maximum atomic E-state index is 10.7. The molecule has 0 saturated carbocycles. The van der Waals surface area contributed by atoms with Crippen LogP contribution in [0.5, 0.6) is 0 Å². The number of anilines is 1. The van der Waals surface area contributed by atoms with Gasteiger partial charge in [-0.05, 0) is 24.3 Å². The standard InChI is InChI=1S/C7H10N2O4S2/c1-15(12,13)9-8-6-2-4-7(5-3-6)14(10)11/h2-5,8-9H,1H3,(H,10,11). The van der Waals surface area contributed by atoms with Gasteiger partial charge in [0.1, 0.15) is 0 Å². The van der Waals surface area contributed by atoms with Gasteiger partial charge >= 0.3 is 0 Å². The number of hydrogen-bond donors (Lipinski definition) is 3. The summed E-state index contributed by atoms with van der Waals surface area (Å²) in [4.78, 5) is 2.32. The maximum absolute atomic E-state index is 10.7. The van der Waals surface area contributed by atoms with Gasteiger partial charge < -0.3 is 9.98 Å². The van der Waals surface area contributed by atoms with Crippen LogP contribution in [0.2, 0.25) is 0 Å². The molecular formula is C7H10N2O4S2. The molecule has 0 heterocycles. The van der Waals surface area contributed by atoms with Gasteiger partial charge in [-0.15, -0.1) is 4.83 Å². The van der Waals surface area contributed by atoms with Crippen LogP contribution in [0.4, 0.5) is 5.69 Å². The summed E-state index contributed by atoms with van der Waals surface area (Å²) in [5.74, 6) is 0. The Labute approximate surface area is 90.0 Å². The van der Waals surface area contributed by atoms with Crippen LogP contribution in [0.3, 0.4) is 0 Å². The van der Waals surface area contributed by atoms with Crippen LogP contribution in [0, 0.1) is 0 Å².